The van der Waals surface area contributed by atoms with E-state index in [4.69, 9.17) is 4.74 Å². The number of nitrogens with zero attached hydrogens (tertiary/aromatic N) is 1. The summed E-state index contributed by atoms with van der Waals surface area (Å²) in [7, 11) is 0. The molecule has 1 aromatic carbocycles. The first-order chi connectivity index (χ1) is 10.7. The third kappa shape index (κ3) is 4.05. The summed E-state index contributed by atoms with van der Waals surface area (Å²) in [6.07, 6.45) is 2.01. The molecule has 1 amide bonds. The molecule has 0 bridgehead atoms. The highest BCUT2D eigenvalue weighted by molar-refractivity contribution is 5.87. The van der Waals surface area contributed by atoms with Crippen molar-refractivity contribution in [2.75, 3.05) is 19.8 Å². The van der Waals surface area contributed by atoms with Gasteiger partial charge in [0.15, 0.2) is 0 Å². The lowest BCUT2D eigenvalue weighted by Crippen LogP contribution is -2.35. The number of aromatic amines is 1. The Bertz CT molecular complexity index is 636. The largest absolute Gasteiger partial charge is 0.389 e. The molecule has 1 atom stereocenters. The van der Waals surface area contributed by atoms with Crippen LogP contribution in [0.3, 0.4) is 0 Å². The summed E-state index contributed by atoms with van der Waals surface area (Å²) >= 11 is 0. The predicted molar refractivity (Wildman–Crippen MR) is 82.4 cm³/mol. The number of carbonyl (C=O) groups excluding carboxylic acids is 1. The number of aliphatic hydroxyl groups excluding tert-OH is 1. The van der Waals surface area contributed by atoms with Gasteiger partial charge in [0.1, 0.15) is 0 Å². The minimum atomic E-state index is -0.666. The topological polar surface area (TPSA) is 87.2 Å². The second-order valence-electron chi connectivity index (χ2n) is 5.83. The number of carbonyl (C=O) groups is 1. The number of H-pyrrole nitrogens is 1. The highest BCUT2D eigenvalue weighted by atomic mass is 16.5. The molecule has 1 fully saturated rings. The summed E-state index contributed by atoms with van der Waals surface area (Å²) in [5, 5.41) is 20.5. The van der Waals surface area contributed by atoms with Crippen molar-refractivity contribution in [2.24, 2.45) is 5.92 Å². The third-order valence-electron chi connectivity index (χ3n) is 3.77. The second kappa shape index (κ2) is 6.89. The van der Waals surface area contributed by atoms with Gasteiger partial charge in [-0.3, -0.25) is 9.89 Å². The second-order valence-corrected chi connectivity index (χ2v) is 5.83. The molecular weight excluding hydrogens is 282 g/mol. The Balaban J connectivity index is 1.41. The zero-order valence-electron chi connectivity index (χ0n) is 12.4. The fraction of sp³-hybridized carbons (Fsp3) is 0.500. The number of nitrogens with one attached hydrogen (secondary N) is 2. The van der Waals surface area contributed by atoms with E-state index < -0.39 is 6.10 Å². The van der Waals surface area contributed by atoms with Crippen molar-refractivity contribution in [2.45, 2.75) is 25.4 Å². The molecule has 1 heterocycles. The maximum absolute atomic E-state index is 11.9. The molecule has 0 radical (unpaired) electrons. The SMILES string of the molecule is O=C(Cc1[nH]nc2ccccc12)NCC(O)COCC1CC1. The Morgan fingerprint density at radius 2 is 2.27 bits per heavy atom. The van der Waals surface area contributed by atoms with Crippen LogP contribution >= 0.6 is 0 Å². The predicted octanol–water partition coefficient (Wildman–Crippen LogP) is 1.01. The number of benzene rings is 1. The lowest BCUT2D eigenvalue weighted by molar-refractivity contribution is -0.121. The van der Waals surface area contributed by atoms with E-state index in [0.717, 1.165) is 16.6 Å². The fourth-order valence-electron chi connectivity index (χ4n) is 2.32. The van der Waals surface area contributed by atoms with Gasteiger partial charge >= 0.3 is 0 Å². The van der Waals surface area contributed by atoms with Crippen LogP contribution in [-0.2, 0) is 16.0 Å². The van der Waals surface area contributed by atoms with E-state index in [-0.39, 0.29) is 25.5 Å². The van der Waals surface area contributed by atoms with Crippen molar-refractivity contribution >= 4 is 16.8 Å². The first-order valence-corrected chi connectivity index (χ1v) is 7.67. The van der Waals surface area contributed by atoms with Gasteiger partial charge in [-0.2, -0.15) is 5.10 Å². The zero-order chi connectivity index (χ0) is 15.4. The average Bonchev–Trinajstić information content (AvgIpc) is 3.26. The van der Waals surface area contributed by atoms with Crippen LogP contribution in [0.25, 0.3) is 10.9 Å². The van der Waals surface area contributed by atoms with E-state index in [9.17, 15) is 9.90 Å². The molecular formula is C16H21N3O3. The molecule has 3 N–H and O–H groups in total. The Morgan fingerprint density at radius 3 is 3.09 bits per heavy atom. The smallest absolute Gasteiger partial charge is 0.226 e. The van der Waals surface area contributed by atoms with E-state index in [0.29, 0.717) is 12.5 Å². The summed E-state index contributed by atoms with van der Waals surface area (Å²) in [4.78, 5) is 11.9. The van der Waals surface area contributed by atoms with Crippen molar-refractivity contribution in [3.63, 3.8) is 0 Å². The molecule has 1 aromatic heterocycles. The number of amides is 1. The van der Waals surface area contributed by atoms with Crippen LogP contribution in [-0.4, -0.2) is 47.1 Å². The van der Waals surface area contributed by atoms with Crippen molar-refractivity contribution in [3.05, 3.63) is 30.0 Å². The molecule has 1 aliphatic carbocycles. The van der Waals surface area contributed by atoms with E-state index >= 15 is 0 Å². The maximum atomic E-state index is 11.9. The van der Waals surface area contributed by atoms with Crippen LogP contribution in [0.1, 0.15) is 18.5 Å². The molecule has 1 saturated carbocycles. The van der Waals surface area contributed by atoms with E-state index in [1.165, 1.54) is 12.8 Å². The van der Waals surface area contributed by atoms with Gasteiger partial charge in [0, 0.05) is 18.5 Å². The lowest BCUT2D eigenvalue weighted by atomic mass is 10.1. The summed E-state index contributed by atoms with van der Waals surface area (Å²) in [6.45, 7) is 1.18. The maximum Gasteiger partial charge on any atom is 0.226 e. The van der Waals surface area contributed by atoms with Gasteiger partial charge in [0.25, 0.3) is 0 Å². The number of hydrogen-bond acceptors (Lipinski definition) is 4. The van der Waals surface area contributed by atoms with Crippen LogP contribution in [0.4, 0.5) is 0 Å². The molecule has 1 unspecified atom stereocenters. The van der Waals surface area contributed by atoms with Crippen molar-refractivity contribution in [1.82, 2.24) is 15.5 Å². The molecule has 1 aliphatic rings. The number of aliphatic hydroxyl groups is 1. The van der Waals surface area contributed by atoms with E-state index in [1.807, 2.05) is 24.3 Å². The standard InChI is InChI=1S/C16H21N3O3/c20-12(10-22-9-11-5-6-11)8-17-16(21)7-15-13-3-1-2-4-14(13)18-19-15/h1-4,11-12,20H,5-10H2,(H,17,21)(H,18,19). The van der Waals surface area contributed by atoms with Crippen molar-refractivity contribution < 1.29 is 14.6 Å². The van der Waals surface area contributed by atoms with Gasteiger partial charge in [0.05, 0.1) is 30.3 Å². The average molecular weight is 303 g/mol. The molecule has 118 valence electrons. The van der Waals surface area contributed by atoms with Crippen LogP contribution in [0.5, 0.6) is 0 Å². The Labute approximate surface area is 128 Å². The zero-order valence-corrected chi connectivity index (χ0v) is 12.4. The van der Waals surface area contributed by atoms with Gasteiger partial charge < -0.3 is 15.2 Å². The number of ether oxygens (including phenoxy) is 1. The first-order valence-electron chi connectivity index (χ1n) is 7.67. The number of para-hydroxylation sites is 1. The van der Waals surface area contributed by atoms with Crippen molar-refractivity contribution in [1.29, 1.82) is 0 Å². The molecule has 6 heteroatoms. The summed E-state index contributed by atoms with van der Waals surface area (Å²) in [6, 6.07) is 7.65. The van der Waals surface area contributed by atoms with Crippen LogP contribution in [0.2, 0.25) is 0 Å². The van der Waals surface area contributed by atoms with E-state index in [2.05, 4.69) is 15.5 Å². The van der Waals surface area contributed by atoms with Crippen LogP contribution < -0.4 is 5.32 Å². The highest BCUT2D eigenvalue weighted by Gasteiger charge is 2.21. The minimum absolute atomic E-state index is 0.143. The first kappa shape index (κ1) is 15.0. The van der Waals surface area contributed by atoms with E-state index in [1.54, 1.807) is 0 Å². The fourth-order valence-corrected chi connectivity index (χ4v) is 2.32. The molecule has 6 nitrogen and oxygen atoms in total. The third-order valence-corrected chi connectivity index (χ3v) is 3.77. The molecule has 22 heavy (non-hydrogen) atoms. The molecule has 0 spiro atoms. The lowest BCUT2D eigenvalue weighted by Gasteiger charge is -2.12. The number of fused-ring (bicyclic) bond motifs is 1. The van der Waals surface area contributed by atoms with Gasteiger partial charge in [-0.1, -0.05) is 18.2 Å². The summed E-state index contributed by atoms with van der Waals surface area (Å²) < 4.78 is 5.40. The molecule has 2 aromatic rings. The van der Waals surface area contributed by atoms with Gasteiger partial charge in [-0.15, -0.1) is 0 Å². The summed E-state index contributed by atoms with van der Waals surface area (Å²) in [5.41, 5.74) is 1.63. The molecule has 0 aliphatic heterocycles. The van der Waals surface area contributed by atoms with Gasteiger partial charge in [-0.25, -0.2) is 0 Å². The van der Waals surface area contributed by atoms with Gasteiger partial charge in [0.2, 0.25) is 5.91 Å². The molecule has 3 rings (SSSR count). The van der Waals surface area contributed by atoms with Crippen LogP contribution in [0.15, 0.2) is 24.3 Å². The normalized spacial score (nSPS) is 15.9. The Hall–Kier alpha value is -1.92. The molecule has 0 saturated heterocycles. The van der Waals surface area contributed by atoms with Crippen LogP contribution in [0, 0.1) is 5.92 Å². The van der Waals surface area contributed by atoms with Crippen molar-refractivity contribution in [3.8, 4) is 0 Å². The highest BCUT2D eigenvalue weighted by Crippen LogP contribution is 2.28. The number of rotatable bonds is 8. The number of aromatic nitrogens is 2. The minimum Gasteiger partial charge on any atom is -0.389 e. The monoisotopic (exact) mass is 303 g/mol. The van der Waals surface area contributed by atoms with Gasteiger partial charge in [-0.05, 0) is 24.8 Å². The summed E-state index contributed by atoms with van der Waals surface area (Å²) in [5.74, 6) is 0.533. The number of hydrogen-bond donors (Lipinski definition) is 3. The Kier molecular flexibility index (Phi) is 4.70. The quantitative estimate of drug-likeness (QED) is 0.679. The Morgan fingerprint density at radius 1 is 1.45 bits per heavy atom.